The second-order valence-electron chi connectivity index (χ2n) is 4.08. The van der Waals surface area contributed by atoms with Gasteiger partial charge in [-0.05, 0) is 31.0 Å². The van der Waals surface area contributed by atoms with Crippen molar-refractivity contribution in [2.75, 3.05) is 24.5 Å². The molecule has 0 saturated heterocycles. The second-order valence-corrected chi connectivity index (χ2v) is 4.08. The first-order valence-corrected chi connectivity index (χ1v) is 5.54. The number of hydrogen-bond acceptors (Lipinski definition) is 2. The van der Waals surface area contributed by atoms with Gasteiger partial charge in [-0.2, -0.15) is 8.78 Å². The summed E-state index contributed by atoms with van der Waals surface area (Å²) in [6, 6.07) is 4.86. The van der Waals surface area contributed by atoms with Crippen LogP contribution in [0.1, 0.15) is 18.1 Å². The summed E-state index contributed by atoms with van der Waals surface area (Å²) in [6.45, 7) is 3.27. The van der Waals surface area contributed by atoms with Crippen LogP contribution in [0.15, 0.2) is 18.2 Å². The van der Waals surface area contributed by atoms with Crippen LogP contribution < -0.4 is 10.6 Å². The highest BCUT2D eigenvalue weighted by atomic mass is 19.3. The largest absolute Gasteiger partial charge is 0.371 e. The third kappa shape index (κ3) is 1.78. The van der Waals surface area contributed by atoms with E-state index in [1.807, 2.05) is 0 Å². The number of halogens is 2. The molecule has 2 N–H and O–H groups in total. The van der Waals surface area contributed by atoms with Crippen molar-refractivity contribution in [1.29, 1.82) is 0 Å². The van der Waals surface area contributed by atoms with Gasteiger partial charge in [-0.1, -0.05) is 6.07 Å². The average Bonchev–Trinajstić information content (AvgIpc) is 2.70. The third-order valence-corrected chi connectivity index (χ3v) is 3.13. The molecule has 0 unspecified atom stereocenters. The van der Waals surface area contributed by atoms with Crippen LogP contribution in [-0.4, -0.2) is 19.6 Å². The number of likely N-dealkylation sites (N-methyl/N-ethyl adjacent to an activating group) is 1. The van der Waals surface area contributed by atoms with Crippen molar-refractivity contribution in [2.24, 2.45) is 5.73 Å². The summed E-state index contributed by atoms with van der Waals surface area (Å²) in [5, 5.41) is 0. The number of nitrogens with two attached hydrogens (primary N) is 1. The Labute approximate surface area is 94.0 Å². The van der Waals surface area contributed by atoms with Crippen LogP contribution in [0.5, 0.6) is 0 Å². The maximum Gasteiger partial charge on any atom is 0.285 e. The van der Waals surface area contributed by atoms with E-state index in [4.69, 9.17) is 5.73 Å². The lowest BCUT2D eigenvalue weighted by Gasteiger charge is -2.18. The van der Waals surface area contributed by atoms with E-state index in [0.717, 1.165) is 30.8 Å². The van der Waals surface area contributed by atoms with E-state index in [1.54, 1.807) is 12.1 Å². The summed E-state index contributed by atoms with van der Waals surface area (Å²) < 4.78 is 26.8. The molecule has 1 aliphatic rings. The first kappa shape index (κ1) is 11.3. The van der Waals surface area contributed by atoms with Gasteiger partial charge in [0.05, 0.1) is 6.54 Å². The van der Waals surface area contributed by atoms with Crippen molar-refractivity contribution in [2.45, 2.75) is 19.3 Å². The molecule has 16 heavy (non-hydrogen) atoms. The van der Waals surface area contributed by atoms with Crippen molar-refractivity contribution in [1.82, 2.24) is 0 Å². The Morgan fingerprint density at radius 2 is 2.19 bits per heavy atom. The molecular weight excluding hydrogens is 210 g/mol. The number of rotatable bonds is 3. The number of nitrogens with zero attached hydrogens (tertiary/aromatic N) is 1. The SMILES string of the molecule is CCN1CCc2cc(C(F)(F)CN)ccc21. The number of anilines is 1. The number of benzene rings is 1. The first-order chi connectivity index (χ1) is 7.58. The van der Waals surface area contributed by atoms with E-state index >= 15 is 0 Å². The molecule has 0 saturated carbocycles. The standard InChI is InChI=1S/C12H16F2N2/c1-2-16-6-5-9-7-10(3-4-11(9)16)12(13,14)8-15/h3-4,7H,2,5-6,8,15H2,1H3. The van der Waals surface area contributed by atoms with Gasteiger partial charge in [0.25, 0.3) is 5.92 Å². The Kier molecular flexibility index (Phi) is 2.84. The van der Waals surface area contributed by atoms with E-state index in [2.05, 4.69) is 11.8 Å². The molecule has 0 amide bonds. The van der Waals surface area contributed by atoms with Crippen LogP contribution in [0, 0.1) is 0 Å². The van der Waals surface area contributed by atoms with E-state index in [1.165, 1.54) is 6.07 Å². The molecule has 0 bridgehead atoms. The average molecular weight is 226 g/mol. The van der Waals surface area contributed by atoms with Gasteiger partial charge in [0.2, 0.25) is 0 Å². The van der Waals surface area contributed by atoms with Crippen LogP contribution in [0.25, 0.3) is 0 Å². The van der Waals surface area contributed by atoms with Gasteiger partial charge in [0.15, 0.2) is 0 Å². The van der Waals surface area contributed by atoms with Crippen LogP contribution in [0.4, 0.5) is 14.5 Å². The fourth-order valence-corrected chi connectivity index (χ4v) is 2.14. The zero-order valence-electron chi connectivity index (χ0n) is 9.34. The van der Waals surface area contributed by atoms with Gasteiger partial charge in [0.1, 0.15) is 0 Å². The fourth-order valence-electron chi connectivity index (χ4n) is 2.14. The van der Waals surface area contributed by atoms with Crippen molar-refractivity contribution < 1.29 is 8.78 Å². The molecule has 0 spiro atoms. The number of hydrogen-bond donors (Lipinski definition) is 1. The maximum atomic E-state index is 13.4. The molecule has 0 radical (unpaired) electrons. The Bertz CT molecular complexity index is 391. The lowest BCUT2D eigenvalue weighted by Crippen LogP contribution is -2.25. The highest BCUT2D eigenvalue weighted by molar-refractivity contribution is 5.59. The summed E-state index contributed by atoms with van der Waals surface area (Å²) in [5.74, 6) is -2.91. The van der Waals surface area contributed by atoms with Gasteiger partial charge in [-0.3, -0.25) is 0 Å². The monoisotopic (exact) mass is 226 g/mol. The molecule has 1 heterocycles. The van der Waals surface area contributed by atoms with Gasteiger partial charge in [-0.25, -0.2) is 0 Å². The molecule has 2 nitrogen and oxygen atoms in total. The summed E-state index contributed by atoms with van der Waals surface area (Å²) in [7, 11) is 0. The molecule has 1 aromatic rings. The van der Waals surface area contributed by atoms with Crippen LogP contribution >= 0.6 is 0 Å². The van der Waals surface area contributed by atoms with Gasteiger partial charge >= 0.3 is 0 Å². The van der Waals surface area contributed by atoms with Gasteiger partial charge in [-0.15, -0.1) is 0 Å². The predicted molar refractivity (Wildman–Crippen MR) is 61.0 cm³/mol. The summed E-state index contributed by atoms with van der Waals surface area (Å²) in [5.41, 5.74) is 7.20. The Morgan fingerprint density at radius 3 is 2.81 bits per heavy atom. The predicted octanol–water partition coefficient (Wildman–Crippen LogP) is 2.12. The van der Waals surface area contributed by atoms with Gasteiger partial charge in [0, 0.05) is 24.3 Å². The number of alkyl halides is 2. The van der Waals surface area contributed by atoms with Crippen LogP contribution in [-0.2, 0) is 12.3 Å². The zero-order valence-corrected chi connectivity index (χ0v) is 9.34. The van der Waals surface area contributed by atoms with Crippen LogP contribution in [0.2, 0.25) is 0 Å². The maximum absolute atomic E-state index is 13.4. The van der Waals surface area contributed by atoms with E-state index in [9.17, 15) is 8.78 Å². The fraction of sp³-hybridized carbons (Fsp3) is 0.500. The summed E-state index contributed by atoms with van der Waals surface area (Å²) in [6.07, 6.45) is 0.845. The molecule has 1 aromatic carbocycles. The molecule has 0 aliphatic carbocycles. The molecular formula is C12H16F2N2. The summed E-state index contributed by atoms with van der Waals surface area (Å²) >= 11 is 0. The molecule has 0 atom stereocenters. The molecule has 88 valence electrons. The summed E-state index contributed by atoms with van der Waals surface area (Å²) in [4.78, 5) is 2.19. The van der Waals surface area contributed by atoms with E-state index in [-0.39, 0.29) is 5.56 Å². The van der Waals surface area contributed by atoms with E-state index < -0.39 is 12.5 Å². The zero-order chi connectivity index (χ0) is 11.8. The minimum absolute atomic E-state index is 0.0340. The molecule has 2 rings (SSSR count). The lowest BCUT2D eigenvalue weighted by atomic mass is 10.0. The molecule has 4 heteroatoms. The van der Waals surface area contributed by atoms with Crippen LogP contribution in [0.3, 0.4) is 0 Å². The minimum Gasteiger partial charge on any atom is -0.371 e. The minimum atomic E-state index is -2.91. The van der Waals surface area contributed by atoms with Crippen molar-refractivity contribution in [3.05, 3.63) is 29.3 Å². The normalized spacial score (nSPS) is 15.4. The van der Waals surface area contributed by atoms with E-state index in [0.29, 0.717) is 0 Å². The van der Waals surface area contributed by atoms with Crippen molar-refractivity contribution >= 4 is 5.69 Å². The number of fused-ring (bicyclic) bond motifs is 1. The Morgan fingerprint density at radius 1 is 1.44 bits per heavy atom. The highest BCUT2D eigenvalue weighted by Gasteiger charge is 2.31. The van der Waals surface area contributed by atoms with Crippen molar-refractivity contribution in [3.8, 4) is 0 Å². The first-order valence-electron chi connectivity index (χ1n) is 5.54. The Hall–Kier alpha value is -1.16. The highest BCUT2D eigenvalue weighted by Crippen LogP contribution is 2.34. The molecule has 0 aromatic heterocycles. The topological polar surface area (TPSA) is 29.3 Å². The molecule has 0 fully saturated rings. The van der Waals surface area contributed by atoms with Crippen molar-refractivity contribution in [3.63, 3.8) is 0 Å². The lowest BCUT2D eigenvalue weighted by molar-refractivity contribution is 0.00591. The quantitative estimate of drug-likeness (QED) is 0.855. The second kappa shape index (κ2) is 4.01. The van der Waals surface area contributed by atoms with Gasteiger partial charge < -0.3 is 10.6 Å². The smallest absolute Gasteiger partial charge is 0.285 e. The third-order valence-electron chi connectivity index (χ3n) is 3.13. The molecule has 1 aliphatic heterocycles. The Balaban J connectivity index is 2.35.